The molecule has 98 valence electrons. The van der Waals surface area contributed by atoms with Gasteiger partial charge in [-0.2, -0.15) is 0 Å². The second kappa shape index (κ2) is 5.98. The molecule has 18 heavy (non-hydrogen) atoms. The van der Waals surface area contributed by atoms with Crippen molar-refractivity contribution in [1.29, 1.82) is 0 Å². The van der Waals surface area contributed by atoms with E-state index in [2.05, 4.69) is 4.90 Å². The zero-order chi connectivity index (χ0) is 13.0. The van der Waals surface area contributed by atoms with Crippen LogP contribution in [0.15, 0.2) is 30.3 Å². The summed E-state index contributed by atoms with van der Waals surface area (Å²) in [6.07, 6.45) is 1.34. The number of likely N-dealkylation sites (tertiary alicyclic amines) is 1. The first-order valence-electron chi connectivity index (χ1n) is 6.39. The van der Waals surface area contributed by atoms with E-state index >= 15 is 0 Å². The van der Waals surface area contributed by atoms with Crippen LogP contribution in [0.3, 0.4) is 0 Å². The average molecular weight is 248 g/mol. The van der Waals surface area contributed by atoms with Crippen LogP contribution in [0.2, 0.25) is 0 Å². The van der Waals surface area contributed by atoms with E-state index in [4.69, 9.17) is 0 Å². The molecule has 0 radical (unpaired) electrons. The van der Waals surface area contributed by atoms with Gasteiger partial charge >= 0.3 is 0 Å². The van der Waals surface area contributed by atoms with Crippen LogP contribution < -0.4 is 4.90 Å². The molecular formula is C14H20N2O2. The van der Waals surface area contributed by atoms with Crippen LogP contribution in [0.1, 0.15) is 12.8 Å². The number of aliphatic hydroxyl groups excluding tert-OH is 1. The first-order valence-corrected chi connectivity index (χ1v) is 6.39. The largest absolute Gasteiger partial charge is 0.393 e. The summed E-state index contributed by atoms with van der Waals surface area (Å²) in [5.41, 5.74) is 0.916. The van der Waals surface area contributed by atoms with Crippen molar-refractivity contribution in [3.8, 4) is 0 Å². The highest BCUT2D eigenvalue weighted by molar-refractivity contribution is 5.94. The summed E-state index contributed by atoms with van der Waals surface area (Å²) in [7, 11) is 1.80. The highest BCUT2D eigenvalue weighted by Gasteiger charge is 2.20. The molecule has 0 saturated carbocycles. The van der Waals surface area contributed by atoms with E-state index in [0.717, 1.165) is 31.6 Å². The molecule has 1 N–H and O–H groups in total. The number of carbonyl (C=O) groups is 1. The summed E-state index contributed by atoms with van der Waals surface area (Å²) in [6, 6.07) is 9.65. The number of nitrogens with zero attached hydrogens (tertiary/aromatic N) is 2. The zero-order valence-corrected chi connectivity index (χ0v) is 10.7. The molecule has 4 nitrogen and oxygen atoms in total. The van der Waals surface area contributed by atoms with E-state index in [-0.39, 0.29) is 12.0 Å². The molecule has 1 amide bonds. The zero-order valence-electron chi connectivity index (χ0n) is 10.7. The van der Waals surface area contributed by atoms with Gasteiger partial charge in [0.25, 0.3) is 0 Å². The molecule has 1 fully saturated rings. The lowest BCUT2D eigenvalue weighted by atomic mass is 10.1. The summed E-state index contributed by atoms with van der Waals surface area (Å²) in [5.74, 6) is 0.0950. The fraction of sp³-hybridized carbons (Fsp3) is 0.500. The molecule has 0 aromatic heterocycles. The van der Waals surface area contributed by atoms with Crippen LogP contribution in [0.25, 0.3) is 0 Å². The summed E-state index contributed by atoms with van der Waals surface area (Å²) in [5, 5.41) is 9.43. The van der Waals surface area contributed by atoms with E-state index in [1.807, 2.05) is 30.3 Å². The number of anilines is 1. The Kier molecular flexibility index (Phi) is 4.33. The molecule has 1 aliphatic heterocycles. The van der Waals surface area contributed by atoms with Crippen molar-refractivity contribution in [3.63, 3.8) is 0 Å². The molecule has 1 aromatic carbocycles. The molecule has 1 aromatic rings. The van der Waals surface area contributed by atoms with Crippen molar-refractivity contribution in [1.82, 2.24) is 4.90 Å². The number of carbonyl (C=O) groups excluding carboxylic acids is 1. The van der Waals surface area contributed by atoms with Gasteiger partial charge in [0.15, 0.2) is 0 Å². The minimum absolute atomic E-state index is 0.0950. The lowest BCUT2D eigenvalue weighted by Crippen LogP contribution is -2.43. The van der Waals surface area contributed by atoms with Crippen molar-refractivity contribution in [2.45, 2.75) is 18.9 Å². The maximum absolute atomic E-state index is 12.1. The number of aliphatic hydroxyl groups is 1. The fourth-order valence-electron chi connectivity index (χ4n) is 2.17. The Morgan fingerprint density at radius 2 is 1.94 bits per heavy atom. The van der Waals surface area contributed by atoms with E-state index in [1.165, 1.54) is 0 Å². The third-order valence-corrected chi connectivity index (χ3v) is 3.43. The highest BCUT2D eigenvalue weighted by atomic mass is 16.3. The molecule has 0 spiro atoms. The first kappa shape index (κ1) is 13.1. The number of para-hydroxylation sites is 1. The Labute approximate surface area is 108 Å². The third kappa shape index (κ3) is 3.31. The lowest BCUT2D eigenvalue weighted by molar-refractivity contribution is -0.120. The summed E-state index contributed by atoms with van der Waals surface area (Å²) >= 11 is 0. The predicted octanol–water partition coefficient (Wildman–Crippen LogP) is 1.11. The highest BCUT2D eigenvalue weighted by Crippen LogP contribution is 2.13. The minimum Gasteiger partial charge on any atom is -0.393 e. The Morgan fingerprint density at radius 3 is 2.56 bits per heavy atom. The molecule has 0 bridgehead atoms. The monoisotopic (exact) mass is 248 g/mol. The van der Waals surface area contributed by atoms with Gasteiger partial charge < -0.3 is 10.0 Å². The maximum Gasteiger partial charge on any atom is 0.240 e. The van der Waals surface area contributed by atoms with Gasteiger partial charge in [0.1, 0.15) is 0 Å². The molecular weight excluding hydrogens is 228 g/mol. The van der Waals surface area contributed by atoms with Gasteiger partial charge in [0.05, 0.1) is 12.6 Å². The number of rotatable bonds is 3. The number of benzene rings is 1. The normalized spacial score (nSPS) is 17.7. The number of likely N-dealkylation sites (N-methyl/N-ethyl adjacent to an activating group) is 1. The summed E-state index contributed by atoms with van der Waals surface area (Å²) in [6.45, 7) is 2.03. The molecule has 1 heterocycles. The standard InChI is InChI=1S/C14H20N2O2/c1-15(12-5-3-2-4-6-12)14(18)11-16-9-7-13(17)8-10-16/h2-6,13,17H,7-11H2,1H3. The molecule has 0 unspecified atom stereocenters. The fourth-order valence-corrected chi connectivity index (χ4v) is 2.17. The van der Waals surface area contributed by atoms with Crippen molar-refractivity contribution >= 4 is 11.6 Å². The van der Waals surface area contributed by atoms with Gasteiger partial charge in [-0.25, -0.2) is 0 Å². The van der Waals surface area contributed by atoms with Crippen LogP contribution in [0.5, 0.6) is 0 Å². The smallest absolute Gasteiger partial charge is 0.240 e. The van der Waals surface area contributed by atoms with Crippen LogP contribution in [0, 0.1) is 0 Å². The number of piperidine rings is 1. The van der Waals surface area contributed by atoms with Gasteiger partial charge in [-0.3, -0.25) is 9.69 Å². The molecule has 2 rings (SSSR count). The van der Waals surface area contributed by atoms with E-state index < -0.39 is 0 Å². The van der Waals surface area contributed by atoms with Crippen LogP contribution in [-0.4, -0.2) is 48.7 Å². The number of hydrogen-bond donors (Lipinski definition) is 1. The van der Waals surface area contributed by atoms with Gasteiger partial charge in [0.2, 0.25) is 5.91 Å². The third-order valence-electron chi connectivity index (χ3n) is 3.43. The molecule has 1 saturated heterocycles. The van der Waals surface area contributed by atoms with E-state index in [0.29, 0.717) is 6.54 Å². The van der Waals surface area contributed by atoms with E-state index in [1.54, 1.807) is 11.9 Å². The van der Waals surface area contributed by atoms with Crippen molar-refractivity contribution in [2.75, 3.05) is 31.6 Å². The first-order chi connectivity index (χ1) is 8.66. The van der Waals surface area contributed by atoms with E-state index in [9.17, 15) is 9.90 Å². The molecule has 4 heteroatoms. The van der Waals surface area contributed by atoms with Gasteiger partial charge in [0, 0.05) is 25.8 Å². The Bertz CT molecular complexity index is 386. The SMILES string of the molecule is CN(C(=O)CN1CCC(O)CC1)c1ccccc1. The summed E-state index contributed by atoms with van der Waals surface area (Å²) in [4.78, 5) is 15.9. The molecule has 1 aliphatic rings. The van der Waals surface area contributed by atoms with Crippen LogP contribution in [0.4, 0.5) is 5.69 Å². The minimum atomic E-state index is -0.191. The molecule has 0 atom stereocenters. The van der Waals surface area contributed by atoms with Crippen LogP contribution in [-0.2, 0) is 4.79 Å². The molecule has 0 aliphatic carbocycles. The number of hydrogen-bond acceptors (Lipinski definition) is 3. The summed E-state index contributed by atoms with van der Waals surface area (Å²) < 4.78 is 0. The Morgan fingerprint density at radius 1 is 1.33 bits per heavy atom. The average Bonchev–Trinajstić information content (AvgIpc) is 2.41. The second-order valence-electron chi connectivity index (χ2n) is 4.80. The second-order valence-corrected chi connectivity index (χ2v) is 4.80. The predicted molar refractivity (Wildman–Crippen MR) is 71.5 cm³/mol. The lowest BCUT2D eigenvalue weighted by Gasteiger charge is -2.30. The Hall–Kier alpha value is -1.39. The van der Waals surface area contributed by atoms with Crippen molar-refractivity contribution < 1.29 is 9.90 Å². The van der Waals surface area contributed by atoms with Crippen molar-refractivity contribution in [3.05, 3.63) is 30.3 Å². The van der Waals surface area contributed by atoms with Crippen molar-refractivity contribution in [2.24, 2.45) is 0 Å². The maximum atomic E-state index is 12.1. The Balaban J connectivity index is 1.88. The quantitative estimate of drug-likeness (QED) is 0.871. The van der Waals surface area contributed by atoms with Gasteiger partial charge in [-0.05, 0) is 25.0 Å². The van der Waals surface area contributed by atoms with Crippen LogP contribution >= 0.6 is 0 Å². The van der Waals surface area contributed by atoms with Gasteiger partial charge in [-0.1, -0.05) is 18.2 Å². The number of amides is 1. The topological polar surface area (TPSA) is 43.8 Å². The van der Waals surface area contributed by atoms with Gasteiger partial charge in [-0.15, -0.1) is 0 Å².